The Bertz CT molecular complexity index is 372. The Hall–Kier alpha value is -1.35. The number of methoxy groups -OCH3 is 1. The van der Waals surface area contributed by atoms with E-state index in [2.05, 4.69) is 0 Å². The molecule has 0 spiro atoms. The van der Waals surface area contributed by atoms with E-state index >= 15 is 0 Å². The third-order valence-electron chi connectivity index (χ3n) is 2.58. The maximum absolute atomic E-state index is 11.4. The number of carbonyl (C=O) groups excluding carboxylic acids is 1. The van der Waals surface area contributed by atoms with Crippen molar-refractivity contribution < 1.29 is 9.53 Å². The number of rotatable bonds is 4. The second-order valence-electron chi connectivity index (χ2n) is 4.16. The molecule has 0 radical (unpaired) electrons. The monoisotopic (exact) mass is 221 g/mol. The second-order valence-corrected chi connectivity index (χ2v) is 4.16. The Morgan fingerprint density at radius 2 is 2.19 bits per heavy atom. The van der Waals surface area contributed by atoms with Crippen LogP contribution in [0.4, 0.5) is 0 Å². The molecule has 0 aliphatic heterocycles. The normalized spacial score (nSPS) is 12.2. The van der Waals surface area contributed by atoms with Crippen molar-refractivity contribution in [3.8, 4) is 0 Å². The standard InChI is InChI=1S/C13H19NO2/c1-9-8-11(5-4-10(2)14)6-7-12(9)13(15)16-3/h6-8,10H,4-5,14H2,1-3H3/t10-/m0/s1. The molecule has 0 aromatic heterocycles. The number of hydrogen-bond acceptors (Lipinski definition) is 3. The lowest BCUT2D eigenvalue weighted by molar-refractivity contribution is 0.0600. The molecule has 0 aliphatic carbocycles. The van der Waals surface area contributed by atoms with Crippen LogP contribution in [0.25, 0.3) is 0 Å². The summed E-state index contributed by atoms with van der Waals surface area (Å²) in [6.45, 7) is 3.91. The summed E-state index contributed by atoms with van der Waals surface area (Å²) in [5, 5.41) is 0. The van der Waals surface area contributed by atoms with Crippen molar-refractivity contribution >= 4 is 5.97 Å². The van der Waals surface area contributed by atoms with Gasteiger partial charge in [-0.15, -0.1) is 0 Å². The minimum absolute atomic E-state index is 0.209. The van der Waals surface area contributed by atoms with Crippen LogP contribution in [0.15, 0.2) is 18.2 Å². The third kappa shape index (κ3) is 3.35. The molecule has 0 amide bonds. The molecule has 0 aliphatic rings. The van der Waals surface area contributed by atoms with E-state index in [0.29, 0.717) is 5.56 Å². The van der Waals surface area contributed by atoms with Crippen molar-refractivity contribution in [1.29, 1.82) is 0 Å². The van der Waals surface area contributed by atoms with Gasteiger partial charge in [0.05, 0.1) is 12.7 Å². The van der Waals surface area contributed by atoms with E-state index in [-0.39, 0.29) is 12.0 Å². The molecular weight excluding hydrogens is 202 g/mol. The lowest BCUT2D eigenvalue weighted by Gasteiger charge is -2.08. The molecule has 0 unspecified atom stereocenters. The van der Waals surface area contributed by atoms with Crippen LogP contribution in [-0.2, 0) is 11.2 Å². The summed E-state index contributed by atoms with van der Waals surface area (Å²) in [5.74, 6) is -0.281. The zero-order valence-corrected chi connectivity index (χ0v) is 10.1. The van der Waals surface area contributed by atoms with Gasteiger partial charge in [0.25, 0.3) is 0 Å². The Morgan fingerprint density at radius 1 is 1.50 bits per heavy atom. The summed E-state index contributed by atoms with van der Waals surface area (Å²) in [6, 6.07) is 6.01. The first kappa shape index (κ1) is 12.7. The van der Waals surface area contributed by atoms with Crippen LogP contribution in [0.1, 0.15) is 34.8 Å². The van der Waals surface area contributed by atoms with E-state index in [1.54, 1.807) is 0 Å². The predicted molar refractivity (Wildman–Crippen MR) is 64.5 cm³/mol. The minimum Gasteiger partial charge on any atom is -0.465 e. The number of nitrogens with two attached hydrogens (primary N) is 1. The van der Waals surface area contributed by atoms with Crippen molar-refractivity contribution in [3.05, 3.63) is 34.9 Å². The van der Waals surface area contributed by atoms with Gasteiger partial charge in [0.1, 0.15) is 0 Å². The van der Waals surface area contributed by atoms with E-state index in [1.165, 1.54) is 12.7 Å². The van der Waals surface area contributed by atoms with E-state index in [9.17, 15) is 4.79 Å². The quantitative estimate of drug-likeness (QED) is 0.792. The third-order valence-corrected chi connectivity index (χ3v) is 2.58. The van der Waals surface area contributed by atoms with E-state index in [1.807, 2.05) is 32.0 Å². The molecule has 0 heterocycles. The fourth-order valence-electron chi connectivity index (χ4n) is 1.61. The molecule has 3 nitrogen and oxygen atoms in total. The van der Waals surface area contributed by atoms with Gasteiger partial charge in [-0.2, -0.15) is 0 Å². The van der Waals surface area contributed by atoms with Gasteiger partial charge in [0, 0.05) is 6.04 Å². The van der Waals surface area contributed by atoms with Crippen LogP contribution in [0.3, 0.4) is 0 Å². The Labute approximate surface area is 96.6 Å². The van der Waals surface area contributed by atoms with Gasteiger partial charge in [-0.25, -0.2) is 4.79 Å². The van der Waals surface area contributed by atoms with Gasteiger partial charge in [0.2, 0.25) is 0 Å². The first-order valence-corrected chi connectivity index (χ1v) is 5.48. The summed E-state index contributed by atoms with van der Waals surface area (Å²) in [5.41, 5.74) is 8.50. The number of esters is 1. The Balaban J connectivity index is 2.78. The lowest BCUT2D eigenvalue weighted by atomic mass is 10.0. The van der Waals surface area contributed by atoms with Crippen LogP contribution in [0, 0.1) is 6.92 Å². The summed E-state index contributed by atoms with van der Waals surface area (Å²) in [6.07, 6.45) is 1.90. The van der Waals surface area contributed by atoms with E-state index < -0.39 is 0 Å². The molecule has 0 saturated heterocycles. The van der Waals surface area contributed by atoms with Gasteiger partial charge in [-0.05, 0) is 43.9 Å². The molecule has 1 aromatic carbocycles. The molecule has 0 bridgehead atoms. The molecule has 1 rings (SSSR count). The predicted octanol–water partition coefficient (Wildman–Crippen LogP) is 2.06. The molecule has 1 aromatic rings. The fraction of sp³-hybridized carbons (Fsp3) is 0.462. The average Bonchev–Trinajstić information content (AvgIpc) is 2.25. The highest BCUT2D eigenvalue weighted by atomic mass is 16.5. The summed E-state index contributed by atoms with van der Waals surface area (Å²) < 4.78 is 4.70. The SMILES string of the molecule is COC(=O)c1ccc(CC[C@H](C)N)cc1C. The maximum atomic E-state index is 11.4. The first-order valence-electron chi connectivity index (χ1n) is 5.48. The highest BCUT2D eigenvalue weighted by Crippen LogP contribution is 2.14. The maximum Gasteiger partial charge on any atom is 0.338 e. The number of ether oxygens (including phenoxy) is 1. The van der Waals surface area contributed by atoms with Crippen LogP contribution >= 0.6 is 0 Å². The zero-order chi connectivity index (χ0) is 12.1. The van der Waals surface area contributed by atoms with Crippen LogP contribution in [0.2, 0.25) is 0 Å². The topological polar surface area (TPSA) is 52.3 Å². The Morgan fingerprint density at radius 3 is 2.69 bits per heavy atom. The van der Waals surface area contributed by atoms with Gasteiger partial charge in [0.15, 0.2) is 0 Å². The van der Waals surface area contributed by atoms with Crippen LogP contribution in [0.5, 0.6) is 0 Å². The fourth-order valence-corrected chi connectivity index (χ4v) is 1.61. The Kier molecular flexibility index (Phi) is 4.50. The summed E-state index contributed by atoms with van der Waals surface area (Å²) >= 11 is 0. The summed E-state index contributed by atoms with van der Waals surface area (Å²) in [7, 11) is 1.39. The van der Waals surface area contributed by atoms with E-state index in [0.717, 1.165) is 18.4 Å². The second kappa shape index (κ2) is 5.66. The summed E-state index contributed by atoms with van der Waals surface area (Å²) in [4.78, 5) is 11.4. The molecule has 88 valence electrons. The lowest BCUT2D eigenvalue weighted by Crippen LogP contribution is -2.15. The number of hydrogen-bond donors (Lipinski definition) is 1. The zero-order valence-electron chi connectivity index (χ0n) is 10.1. The van der Waals surface area contributed by atoms with Gasteiger partial charge >= 0.3 is 5.97 Å². The molecular formula is C13H19NO2. The number of carbonyl (C=O) groups is 1. The van der Waals surface area contributed by atoms with E-state index in [4.69, 9.17) is 10.5 Å². The van der Waals surface area contributed by atoms with Crippen molar-refractivity contribution in [3.63, 3.8) is 0 Å². The molecule has 3 heteroatoms. The van der Waals surface area contributed by atoms with Gasteiger partial charge in [-0.1, -0.05) is 12.1 Å². The molecule has 2 N–H and O–H groups in total. The molecule has 0 fully saturated rings. The highest BCUT2D eigenvalue weighted by molar-refractivity contribution is 5.90. The highest BCUT2D eigenvalue weighted by Gasteiger charge is 2.09. The van der Waals surface area contributed by atoms with Crippen molar-refractivity contribution in [2.75, 3.05) is 7.11 Å². The van der Waals surface area contributed by atoms with Crippen molar-refractivity contribution in [2.45, 2.75) is 32.7 Å². The van der Waals surface area contributed by atoms with Crippen molar-refractivity contribution in [2.24, 2.45) is 5.73 Å². The van der Waals surface area contributed by atoms with Gasteiger partial charge in [-0.3, -0.25) is 0 Å². The number of aryl methyl sites for hydroxylation is 2. The minimum atomic E-state index is -0.281. The molecule has 16 heavy (non-hydrogen) atoms. The van der Waals surface area contributed by atoms with Crippen LogP contribution in [-0.4, -0.2) is 19.1 Å². The first-order chi connectivity index (χ1) is 7.54. The molecule has 0 saturated carbocycles. The average molecular weight is 221 g/mol. The largest absolute Gasteiger partial charge is 0.465 e. The van der Waals surface area contributed by atoms with Crippen LogP contribution < -0.4 is 5.73 Å². The number of benzene rings is 1. The molecule has 1 atom stereocenters. The smallest absolute Gasteiger partial charge is 0.338 e. The van der Waals surface area contributed by atoms with Gasteiger partial charge < -0.3 is 10.5 Å². The van der Waals surface area contributed by atoms with Crippen molar-refractivity contribution in [1.82, 2.24) is 0 Å².